The van der Waals surface area contributed by atoms with Crippen LogP contribution < -0.4 is 4.90 Å². The van der Waals surface area contributed by atoms with Crippen molar-refractivity contribution >= 4 is 35.1 Å². The Balaban J connectivity index is 2.15. The number of amides is 2. The van der Waals surface area contributed by atoms with Crippen molar-refractivity contribution in [3.8, 4) is 0 Å². The quantitative estimate of drug-likeness (QED) is 0.477. The number of carbonyl (C=O) groups excluding carboxylic acids is 2. The normalized spacial score (nSPS) is 12.8. The molecule has 10 nitrogen and oxygen atoms in total. The third-order valence-electron chi connectivity index (χ3n) is 3.75. The molecule has 0 bridgehead atoms. The maximum Gasteiger partial charge on any atom is 0.335 e. The van der Waals surface area contributed by atoms with Crippen molar-refractivity contribution in [2.75, 3.05) is 4.90 Å². The molecule has 0 atom stereocenters. The molecule has 1 heterocycles. The summed E-state index contributed by atoms with van der Waals surface area (Å²) in [7, 11) is 0. The van der Waals surface area contributed by atoms with Crippen molar-refractivity contribution in [2.45, 2.75) is 0 Å². The van der Waals surface area contributed by atoms with E-state index >= 15 is 0 Å². The Kier molecular flexibility index (Phi) is 3.72. The zero-order valence-electron chi connectivity index (χ0n) is 12.7. The van der Waals surface area contributed by atoms with E-state index in [1.165, 1.54) is 0 Å². The summed E-state index contributed by atoms with van der Waals surface area (Å²) in [5, 5.41) is 29.1. The Hall–Kier alpha value is -4.08. The van der Waals surface area contributed by atoms with Crippen LogP contribution >= 0.6 is 0 Å². The third kappa shape index (κ3) is 2.55. The molecule has 1 aliphatic heterocycles. The lowest BCUT2D eigenvalue weighted by Crippen LogP contribution is -2.29. The number of nitro benzene ring substituents is 1. The van der Waals surface area contributed by atoms with E-state index < -0.39 is 45.5 Å². The number of fused-ring (bicyclic) bond motifs is 1. The van der Waals surface area contributed by atoms with Gasteiger partial charge in [0.1, 0.15) is 0 Å². The second-order valence-electron chi connectivity index (χ2n) is 5.31. The molecule has 0 radical (unpaired) electrons. The van der Waals surface area contributed by atoms with Crippen molar-refractivity contribution in [3.63, 3.8) is 0 Å². The van der Waals surface area contributed by atoms with Crippen LogP contribution in [0.1, 0.15) is 41.4 Å². The van der Waals surface area contributed by atoms with Crippen LogP contribution in [0.2, 0.25) is 0 Å². The average molecular weight is 356 g/mol. The smallest absolute Gasteiger partial charge is 0.335 e. The van der Waals surface area contributed by atoms with Gasteiger partial charge in [0, 0.05) is 12.1 Å². The van der Waals surface area contributed by atoms with E-state index in [1.807, 2.05) is 0 Å². The third-order valence-corrected chi connectivity index (χ3v) is 3.75. The Morgan fingerprint density at radius 2 is 1.42 bits per heavy atom. The molecular formula is C16H8N2O8. The van der Waals surface area contributed by atoms with E-state index in [1.54, 1.807) is 0 Å². The van der Waals surface area contributed by atoms with Crippen LogP contribution in [0, 0.1) is 10.1 Å². The molecule has 0 aromatic heterocycles. The van der Waals surface area contributed by atoms with Gasteiger partial charge in [0.05, 0.1) is 32.9 Å². The predicted octanol–water partition coefficient (Wildman–Crippen LogP) is 1.79. The molecule has 1 aliphatic rings. The molecule has 3 rings (SSSR count). The van der Waals surface area contributed by atoms with Gasteiger partial charge in [-0.15, -0.1) is 0 Å². The second kappa shape index (κ2) is 5.77. The first kappa shape index (κ1) is 16.8. The van der Waals surface area contributed by atoms with Crippen LogP contribution in [-0.2, 0) is 0 Å². The van der Waals surface area contributed by atoms with Gasteiger partial charge in [-0.05, 0) is 24.3 Å². The number of rotatable bonds is 4. The summed E-state index contributed by atoms with van der Waals surface area (Å²) in [6.45, 7) is 0. The molecule has 0 unspecified atom stereocenters. The largest absolute Gasteiger partial charge is 0.478 e. The van der Waals surface area contributed by atoms with Crippen LogP contribution in [-0.4, -0.2) is 38.9 Å². The van der Waals surface area contributed by atoms with Gasteiger partial charge in [-0.3, -0.25) is 19.7 Å². The van der Waals surface area contributed by atoms with Crippen molar-refractivity contribution in [1.82, 2.24) is 0 Å². The first-order valence-electron chi connectivity index (χ1n) is 6.99. The van der Waals surface area contributed by atoms with E-state index in [2.05, 4.69) is 0 Å². The average Bonchev–Trinajstić information content (AvgIpc) is 2.84. The molecule has 2 amide bonds. The molecular weight excluding hydrogens is 348 g/mol. The number of aromatic carboxylic acids is 2. The number of hydrogen-bond donors (Lipinski definition) is 2. The maximum atomic E-state index is 12.5. The Bertz CT molecular complexity index is 995. The number of non-ortho nitro benzene ring substituents is 1. The topological polar surface area (TPSA) is 155 Å². The zero-order chi connectivity index (χ0) is 19.2. The van der Waals surface area contributed by atoms with Crippen LogP contribution in [0.25, 0.3) is 0 Å². The number of nitrogens with zero attached hydrogens (tertiary/aromatic N) is 2. The van der Waals surface area contributed by atoms with Gasteiger partial charge in [-0.2, -0.15) is 0 Å². The van der Waals surface area contributed by atoms with Crippen LogP contribution in [0.3, 0.4) is 0 Å². The highest BCUT2D eigenvalue weighted by Crippen LogP contribution is 2.32. The lowest BCUT2D eigenvalue weighted by atomic mass is 10.1. The molecule has 2 aromatic rings. The standard InChI is InChI=1S/C16H8N2O8/c19-13-11-2-1-9(18(25)26)6-12(11)14(20)17(13)10-4-7(15(21)22)3-8(5-10)16(23)24/h1-6H,(H,21,22)(H,23,24). The first-order valence-corrected chi connectivity index (χ1v) is 6.99. The van der Waals surface area contributed by atoms with E-state index in [-0.39, 0.29) is 16.8 Å². The van der Waals surface area contributed by atoms with E-state index in [0.29, 0.717) is 4.90 Å². The predicted molar refractivity (Wildman–Crippen MR) is 84.6 cm³/mol. The van der Waals surface area contributed by atoms with Gasteiger partial charge in [-0.1, -0.05) is 0 Å². The van der Waals surface area contributed by atoms with Gasteiger partial charge in [-0.25, -0.2) is 14.5 Å². The van der Waals surface area contributed by atoms with Crippen LogP contribution in [0.15, 0.2) is 36.4 Å². The Morgan fingerprint density at radius 1 is 0.885 bits per heavy atom. The molecule has 2 N–H and O–H groups in total. The maximum absolute atomic E-state index is 12.5. The molecule has 0 saturated carbocycles. The lowest BCUT2D eigenvalue weighted by molar-refractivity contribution is -0.384. The summed E-state index contributed by atoms with van der Waals surface area (Å²) in [4.78, 5) is 58.1. The minimum atomic E-state index is -1.44. The van der Waals surface area contributed by atoms with E-state index in [0.717, 1.165) is 36.4 Å². The molecule has 10 heteroatoms. The van der Waals surface area contributed by atoms with Crippen molar-refractivity contribution in [3.05, 3.63) is 68.8 Å². The Morgan fingerprint density at radius 3 is 1.92 bits per heavy atom. The number of nitro groups is 1. The summed E-state index contributed by atoms with van der Waals surface area (Å²) in [5.74, 6) is -4.63. The number of carboxylic acid groups (broad SMARTS) is 2. The highest BCUT2D eigenvalue weighted by Gasteiger charge is 2.38. The number of carboxylic acids is 2. The number of benzene rings is 2. The van der Waals surface area contributed by atoms with Crippen LogP contribution in [0.5, 0.6) is 0 Å². The molecule has 0 saturated heterocycles. The number of carbonyl (C=O) groups is 4. The van der Waals surface area contributed by atoms with Crippen LogP contribution in [0.4, 0.5) is 11.4 Å². The van der Waals surface area contributed by atoms with Gasteiger partial charge in [0.25, 0.3) is 17.5 Å². The monoisotopic (exact) mass is 356 g/mol. The minimum absolute atomic E-state index is 0.0989. The SMILES string of the molecule is O=C(O)c1cc(C(=O)O)cc(N2C(=O)c3ccc([N+](=O)[O-])cc3C2=O)c1. The lowest BCUT2D eigenvalue weighted by Gasteiger charge is -2.15. The summed E-state index contributed by atoms with van der Waals surface area (Å²) in [6.07, 6.45) is 0. The first-order chi connectivity index (χ1) is 12.2. The molecule has 26 heavy (non-hydrogen) atoms. The van der Waals surface area contributed by atoms with E-state index in [4.69, 9.17) is 10.2 Å². The van der Waals surface area contributed by atoms with Gasteiger partial charge < -0.3 is 10.2 Å². The summed E-state index contributed by atoms with van der Waals surface area (Å²) in [5.41, 5.74) is -1.82. The number of imide groups is 1. The second-order valence-corrected chi connectivity index (χ2v) is 5.31. The van der Waals surface area contributed by atoms with Crippen molar-refractivity contribution in [1.29, 1.82) is 0 Å². The van der Waals surface area contributed by atoms with E-state index in [9.17, 15) is 29.3 Å². The fraction of sp³-hybridized carbons (Fsp3) is 0. The fourth-order valence-electron chi connectivity index (χ4n) is 2.56. The van der Waals surface area contributed by atoms with Gasteiger partial charge >= 0.3 is 11.9 Å². The number of hydrogen-bond acceptors (Lipinski definition) is 6. The number of anilines is 1. The highest BCUT2D eigenvalue weighted by atomic mass is 16.6. The summed E-state index contributed by atoms with van der Waals surface area (Å²) in [6, 6.07) is 5.96. The fourth-order valence-corrected chi connectivity index (χ4v) is 2.56. The molecule has 2 aromatic carbocycles. The van der Waals surface area contributed by atoms with Gasteiger partial charge in [0.15, 0.2) is 0 Å². The Labute approximate surface area is 144 Å². The molecule has 0 aliphatic carbocycles. The highest BCUT2D eigenvalue weighted by molar-refractivity contribution is 6.34. The minimum Gasteiger partial charge on any atom is -0.478 e. The zero-order valence-corrected chi connectivity index (χ0v) is 12.7. The van der Waals surface area contributed by atoms with Crippen molar-refractivity contribution < 1.29 is 34.3 Å². The summed E-state index contributed by atoms with van der Waals surface area (Å²) < 4.78 is 0. The molecule has 130 valence electrons. The summed E-state index contributed by atoms with van der Waals surface area (Å²) >= 11 is 0. The molecule has 0 fully saturated rings. The van der Waals surface area contributed by atoms with Gasteiger partial charge in [0.2, 0.25) is 0 Å². The van der Waals surface area contributed by atoms with Crippen molar-refractivity contribution in [2.24, 2.45) is 0 Å². The molecule has 0 spiro atoms.